The van der Waals surface area contributed by atoms with Crippen molar-refractivity contribution in [2.75, 3.05) is 13.2 Å². The number of hydrogen-bond acceptors (Lipinski definition) is 3. The van der Waals surface area contributed by atoms with Crippen LogP contribution in [0.4, 0.5) is 17.6 Å². The van der Waals surface area contributed by atoms with Gasteiger partial charge in [0.1, 0.15) is 28.8 Å². The van der Waals surface area contributed by atoms with Crippen molar-refractivity contribution in [1.29, 1.82) is 0 Å². The van der Waals surface area contributed by atoms with Crippen molar-refractivity contribution in [3.8, 4) is 11.1 Å². The second kappa shape index (κ2) is 8.28. The molecule has 1 heterocycles. The third-order valence-electron chi connectivity index (χ3n) is 4.54. The standard InChI is InChI=1S/C20H18F4O4/c1-2-3-10-8-27-20(28-9-10)12-6-13(21)17(14(22)7-12)11-4-15(23)18(19(25)26)16(24)5-11/h4-7,10,20H,2-3,8-9H2,1H3,(H,25,26). The molecule has 0 saturated carbocycles. The average molecular weight is 398 g/mol. The monoisotopic (exact) mass is 398 g/mol. The number of halogens is 4. The van der Waals surface area contributed by atoms with Gasteiger partial charge in [-0.3, -0.25) is 0 Å². The van der Waals surface area contributed by atoms with Crippen molar-refractivity contribution in [2.24, 2.45) is 5.92 Å². The predicted octanol–water partition coefficient (Wildman–Crippen LogP) is 5.07. The summed E-state index contributed by atoms with van der Waals surface area (Å²) in [5, 5.41) is 8.79. The number of aromatic carboxylic acids is 1. The fraction of sp³-hybridized carbons (Fsp3) is 0.350. The zero-order chi connectivity index (χ0) is 20.4. The molecule has 4 nitrogen and oxygen atoms in total. The van der Waals surface area contributed by atoms with Crippen LogP contribution in [0.25, 0.3) is 11.1 Å². The Bertz CT molecular complexity index is 846. The number of rotatable bonds is 5. The summed E-state index contributed by atoms with van der Waals surface area (Å²) >= 11 is 0. The van der Waals surface area contributed by atoms with E-state index in [1.807, 2.05) is 6.92 Å². The van der Waals surface area contributed by atoms with Crippen molar-refractivity contribution in [3.05, 3.63) is 58.7 Å². The Hall–Kier alpha value is -2.45. The van der Waals surface area contributed by atoms with Gasteiger partial charge in [-0.25, -0.2) is 22.4 Å². The van der Waals surface area contributed by atoms with Crippen molar-refractivity contribution in [2.45, 2.75) is 26.1 Å². The molecule has 0 unspecified atom stereocenters. The van der Waals surface area contributed by atoms with Gasteiger partial charge in [0.05, 0.1) is 18.8 Å². The molecule has 28 heavy (non-hydrogen) atoms. The highest BCUT2D eigenvalue weighted by Gasteiger charge is 2.26. The summed E-state index contributed by atoms with van der Waals surface area (Å²) in [6.07, 6.45) is 0.944. The lowest BCUT2D eigenvalue weighted by molar-refractivity contribution is -0.206. The van der Waals surface area contributed by atoms with Crippen LogP contribution in [-0.2, 0) is 9.47 Å². The van der Waals surface area contributed by atoms with Crippen molar-refractivity contribution < 1.29 is 36.9 Å². The summed E-state index contributed by atoms with van der Waals surface area (Å²) in [5.41, 5.74) is -2.20. The van der Waals surface area contributed by atoms with Gasteiger partial charge in [-0.1, -0.05) is 13.3 Å². The topological polar surface area (TPSA) is 55.8 Å². The molecule has 0 amide bonds. The van der Waals surface area contributed by atoms with Gasteiger partial charge < -0.3 is 14.6 Å². The quantitative estimate of drug-likeness (QED) is 0.715. The molecular weight excluding hydrogens is 380 g/mol. The minimum atomic E-state index is -1.81. The first kappa shape index (κ1) is 20.3. The first-order valence-corrected chi connectivity index (χ1v) is 8.76. The number of ether oxygens (including phenoxy) is 2. The smallest absolute Gasteiger partial charge is 0.341 e. The SMILES string of the molecule is CCCC1COC(c2cc(F)c(-c3cc(F)c(C(=O)O)c(F)c3)c(F)c2)OC1. The lowest BCUT2D eigenvalue weighted by Crippen LogP contribution is -2.27. The fourth-order valence-corrected chi connectivity index (χ4v) is 3.24. The third kappa shape index (κ3) is 4.02. The molecule has 0 spiro atoms. The highest BCUT2D eigenvalue weighted by molar-refractivity contribution is 5.89. The number of benzene rings is 2. The summed E-state index contributed by atoms with van der Waals surface area (Å²) in [6, 6.07) is 3.11. The number of carbonyl (C=O) groups is 1. The summed E-state index contributed by atoms with van der Waals surface area (Å²) in [4.78, 5) is 10.9. The molecular formula is C20H18F4O4. The van der Waals surface area contributed by atoms with Gasteiger partial charge in [-0.05, 0) is 36.2 Å². The molecule has 0 radical (unpaired) electrons. The van der Waals surface area contributed by atoms with E-state index >= 15 is 0 Å². The lowest BCUT2D eigenvalue weighted by Gasteiger charge is -2.29. The molecule has 0 bridgehead atoms. The van der Waals surface area contributed by atoms with E-state index in [0.29, 0.717) is 25.3 Å². The van der Waals surface area contributed by atoms with E-state index in [-0.39, 0.29) is 11.5 Å². The summed E-state index contributed by atoms with van der Waals surface area (Å²) < 4.78 is 67.9. The van der Waals surface area contributed by atoms with Crippen molar-refractivity contribution in [3.63, 3.8) is 0 Å². The Kier molecular flexibility index (Phi) is 6.00. The van der Waals surface area contributed by atoms with Crippen LogP contribution in [0, 0.1) is 29.2 Å². The van der Waals surface area contributed by atoms with Gasteiger partial charge in [0.15, 0.2) is 6.29 Å². The molecule has 1 fully saturated rings. The molecule has 150 valence electrons. The molecule has 8 heteroatoms. The van der Waals surface area contributed by atoms with Crippen molar-refractivity contribution in [1.82, 2.24) is 0 Å². The number of carboxylic acids is 1. The maximum atomic E-state index is 14.6. The Morgan fingerprint density at radius 3 is 2.00 bits per heavy atom. The number of hydrogen-bond donors (Lipinski definition) is 1. The minimum Gasteiger partial charge on any atom is -0.477 e. The first-order chi connectivity index (χ1) is 13.3. The van der Waals surface area contributed by atoms with Gasteiger partial charge in [0.2, 0.25) is 0 Å². The van der Waals surface area contributed by atoms with E-state index in [2.05, 4.69) is 0 Å². The maximum Gasteiger partial charge on any atom is 0.341 e. The normalized spacial score (nSPS) is 19.6. The van der Waals surface area contributed by atoms with Gasteiger partial charge >= 0.3 is 5.97 Å². The van der Waals surface area contributed by atoms with E-state index in [4.69, 9.17) is 14.6 Å². The Morgan fingerprint density at radius 2 is 1.54 bits per heavy atom. The molecule has 2 aromatic rings. The first-order valence-electron chi connectivity index (χ1n) is 8.76. The van der Waals surface area contributed by atoms with E-state index in [0.717, 1.165) is 25.0 Å². The molecule has 0 atom stereocenters. The molecule has 3 rings (SSSR count). The van der Waals surface area contributed by atoms with Gasteiger partial charge in [-0.2, -0.15) is 0 Å². The zero-order valence-corrected chi connectivity index (χ0v) is 15.0. The summed E-state index contributed by atoms with van der Waals surface area (Å²) in [7, 11) is 0. The van der Waals surface area contributed by atoms with E-state index in [1.165, 1.54) is 0 Å². The van der Waals surface area contributed by atoms with E-state index in [9.17, 15) is 22.4 Å². The minimum absolute atomic E-state index is 0.108. The third-order valence-corrected chi connectivity index (χ3v) is 4.54. The molecule has 2 aromatic carbocycles. The molecule has 1 N–H and O–H groups in total. The van der Waals surface area contributed by atoms with Crippen molar-refractivity contribution >= 4 is 5.97 Å². The van der Waals surface area contributed by atoms with Crippen LogP contribution in [0.2, 0.25) is 0 Å². The Morgan fingerprint density at radius 1 is 1.00 bits per heavy atom. The summed E-state index contributed by atoms with van der Waals surface area (Å²) in [5.74, 6) is -6.59. The number of carboxylic acid groups (broad SMARTS) is 1. The fourth-order valence-electron chi connectivity index (χ4n) is 3.24. The molecule has 0 aliphatic carbocycles. The molecule has 1 aliphatic heterocycles. The van der Waals surface area contributed by atoms with Crippen LogP contribution in [0.15, 0.2) is 24.3 Å². The predicted molar refractivity (Wildman–Crippen MR) is 91.7 cm³/mol. The van der Waals surface area contributed by atoms with Gasteiger partial charge in [0, 0.05) is 11.5 Å². The maximum absolute atomic E-state index is 14.6. The van der Waals surface area contributed by atoms with Gasteiger partial charge in [0.25, 0.3) is 0 Å². The summed E-state index contributed by atoms with van der Waals surface area (Å²) in [6.45, 7) is 2.83. The van der Waals surface area contributed by atoms with Crippen LogP contribution in [0.1, 0.15) is 42.0 Å². The van der Waals surface area contributed by atoms with Crippen LogP contribution in [0.5, 0.6) is 0 Å². The Balaban J connectivity index is 1.90. The largest absolute Gasteiger partial charge is 0.477 e. The van der Waals surface area contributed by atoms with E-state index in [1.54, 1.807) is 0 Å². The van der Waals surface area contributed by atoms with Crippen LogP contribution in [-0.4, -0.2) is 24.3 Å². The van der Waals surface area contributed by atoms with Crippen LogP contribution in [0.3, 0.4) is 0 Å². The van der Waals surface area contributed by atoms with E-state index < -0.39 is 52.2 Å². The second-order valence-electron chi connectivity index (χ2n) is 6.63. The van der Waals surface area contributed by atoms with Crippen LogP contribution < -0.4 is 0 Å². The highest BCUT2D eigenvalue weighted by atomic mass is 19.1. The van der Waals surface area contributed by atoms with Gasteiger partial charge in [-0.15, -0.1) is 0 Å². The Labute approximate surface area is 158 Å². The molecule has 1 saturated heterocycles. The lowest BCUT2D eigenvalue weighted by atomic mass is 9.99. The molecule has 1 aliphatic rings. The molecule has 0 aromatic heterocycles. The highest BCUT2D eigenvalue weighted by Crippen LogP contribution is 2.34. The average Bonchev–Trinajstić information content (AvgIpc) is 2.61. The zero-order valence-electron chi connectivity index (χ0n) is 15.0. The second-order valence-corrected chi connectivity index (χ2v) is 6.63. The van der Waals surface area contributed by atoms with Crippen LogP contribution >= 0.6 is 0 Å².